The van der Waals surface area contributed by atoms with Crippen molar-refractivity contribution in [2.45, 2.75) is 6.92 Å². The second kappa shape index (κ2) is 5.11. The van der Waals surface area contributed by atoms with Gasteiger partial charge in [-0.05, 0) is 40.8 Å². The molecule has 0 saturated heterocycles. The molecular formula is C19H16. The highest BCUT2D eigenvalue weighted by molar-refractivity contribution is 5.74. The molecular weight excluding hydrogens is 228 g/mol. The molecule has 0 aliphatic rings. The van der Waals surface area contributed by atoms with Crippen molar-refractivity contribution in [1.82, 2.24) is 0 Å². The molecule has 0 nitrogen and oxygen atoms in total. The van der Waals surface area contributed by atoms with E-state index in [1.807, 2.05) is 0 Å². The first-order valence-corrected chi connectivity index (χ1v) is 5.73. The highest BCUT2D eigenvalue weighted by atomic mass is 14.1. The quantitative estimate of drug-likeness (QED) is 0.580. The number of benzene rings is 3. The van der Waals surface area contributed by atoms with Crippen molar-refractivity contribution in [1.29, 1.82) is 0 Å². The number of hydrogen-bond acceptors (Lipinski definition) is 0. The molecule has 0 saturated carbocycles. The first kappa shape index (κ1) is 4.97. The predicted molar refractivity (Wildman–Crippen MR) is 82.1 cm³/mol. The topological polar surface area (TPSA) is 0 Å². The van der Waals surface area contributed by atoms with Crippen LogP contribution in [-0.4, -0.2) is 0 Å². The zero-order valence-corrected chi connectivity index (χ0v) is 10.2. The molecule has 0 unspecified atom stereocenters. The number of rotatable bonds is 2. The van der Waals surface area contributed by atoms with Gasteiger partial charge in [0.15, 0.2) is 0 Å². The summed E-state index contributed by atoms with van der Waals surface area (Å²) in [5.74, 6) is 0. The minimum atomic E-state index is -0.498. The maximum absolute atomic E-state index is 8.17. The van der Waals surface area contributed by atoms with Crippen LogP contribution >= 0.6 is 0 Å². The fourth-order valence-electron chi connectivity index (χ4n) is 1.86. The van der Waals surface area contributed by atoms with Crippen molar-refractivity contribution >= 4 is 0 Å². The SMILES string of the molecule is [2H]c1c([2H])c([2H])c(-c2cc(C)cc(-c3c([2H])c([2H])c([2H])c([2H])c3[2H])c2)c([2H])c1[2H]. The van der Waals surface area contributed by atoms with Crippen molar-refractivity contribution in [3.05, 3.63) is 84.2 Å². The number of hydrogen-bond donors (Lipinski definition) is 0. The smallest absolute Gasteiger partial charge is 0.0622 e. The van der Waals surface area contributed by atoms with Gasteiger partial charge in [-0.2, -0.15) is 0 Å². The van der Waals surface area contributed by atoms with Gasteiger partial charge in [-0.25, -0.2) is 0 Å². The van der Waals surface area contributed by atoms with Gasteiger partial charge < -0.3 is 0 Å². The Morgan fingerprint density at radius 1 is 0.579 bits per heavy atom. The molecule has 19 heavy (non-hydrogen) atoms. The van der Waals surface area contributed by atoms with Gasteiger partial charge in [-0.1, -0.05) is 72.6 Å². The van der Waals surface area contributed by atoms with E-state index >= 15 is 0 Å². The third kappa shape index (κ3) is 2.58. The van der Waals surface area contributed by atoms with E-state index in [4.69, 9.17) is 13.7 Å². The van der Waals surface area contributed by atoms with Crippen LogP contribution in [0, 0.1) is 6.92 Å². The Hall–Kier alpha value is -2.34. The molecule has 0 atom stereocenters. The second-order valence-corrected chi connectivity index (χ2v) is 4.09. The summed E-state index contributed by atoms with van der Waals surface area (Å²) in [6.45, 7) is 1.72. The normalized spacial score (nSPS) is 17.7. The molecule has 0 fully saturated rings. The highest BCUT2D eigenvalue weighted by Crippen LogP contribution is 2.27. The van der Waals surface area contributed by atoms with E-state index in [1.165, 1.54) is 6.07 Å². The van der Waals surface area contributed by atoms with Crippen molar-refractivity contribution in [2.75, 3.05) is 0 Å². The van der Waals surface area contributed by atoms with E-state index < -0.39 is 36.3 Å². The second-order valence-electron chi connectivity index (χ2n) is 4.09. The minimum absolute atomic E-state index is 0.00619. The maximum atomic E-state index is 8.17. The predicted octanol–water partition coefficient (Wildman–Crippen LogP) is 5.33. The summed E-state index contributed by atoms with van der Waals surface area (Å²) in [7, 11) is 0. The molecule has 0 amide bonds. The first-order valence-electron chi connectivity index (χ1n) is 10.7. The molecule has 3 aromatic rings. The van der Waals surface area contributed by atoms with Crippen LogP contribution in [0.1, 0.15) is 19.3 Å². The van der Waals surface area contributed by atoms with Gasteiger partial charge in [0.25, 0.3) is 0 Å². The van der Waals surface area contributed by atoms with Crippen LogP contribution in [0.2, 0.25) is 0 Å². The lowest BCUT2D eigenvalue weighted by Gasteiger charge is -2.08. The van der Waals surface area contributed by atoms with Crippen molar-refractivity contribution in [3.63, 3.8) is 0 Å². The van der Waals surface area contributed by atoms with Crippen LogP contribution in [0.4, 0.5) is 0 Å². The van der Waals surface area contributed by atoms with Gasteiger partial charge >= 0.3 is 0 Å². The van der Waals surface area contributed by atoms with Crippen molar-refractivity contribution < 1.29 is 13.7 Å². The summed E-state index contributed by atoms with van der Waals surface area (Å²) in [4.78, 5) is 0. The zero-order chi connectivity index (χ0) is 21.8. The van der Waals surface area contributed by atoms with Crippen LogP contribution in [0.3, 0.4) is 0 Å². The summed E-state index contributed by atoms with van der Waals surface area (Å²) >= 11 is 0. The minimum Gasteiger partial charge on any atom is -0.0622 e. The van der Waals surface area contributed by atoms with E-state index in [2.05, 4.69) is 0 Å². The largest absolute Gasteiger partial charge is 0.0629 e. The van der Waals surface area contributed by atoms with E-state index in [-0.39, 0.29) is 35.3 Å². The Morgan fingerprint density at radius 3 is 1.42 bits per heavy atom. The molecule has 3 rings (SSSR count). The van der Waals surface area contributed by atoms with E-state index in [1.54, 1.807) is 19.1 Å². The molecule has 0 aliphatic carbocycles. The summed E-state index contributed by atoms with van der Waals surface area (Å²) < 4.78 is 79.6. The summed E-state index contributed by atoms with van der Waals surface area (Å²) in [5.41, 5.74) is 1.25. The van der Waals surface area contributed by atoms with Crippen molar-refractivity contribution in [3.8, 4) is 22.3 Å². The summed E-state index contributed by atoms with van der Waals surface area (Å²) in [6.07, 6.45) is 0. The average Bonchev–Trinajstić information content (AvgIpc) is 2.67. The van der Waals surface area contributed by atoms with Crippen LogP contribution in [0.5, 0.6) is 0 Å². The number of aryl methyl sites for hydroxylation is 1. The lowest BCUT2D eigenvalue weighted by Crippen LogP contribution is -1.84. The fraction of sp³-hybridized carbons (Fsp3) is 0.0526. The average molecular weight is 254 g/mol. The van der Waals surface area contributed by atoms with E-state index in [0.29, 0.717) is 16.7 Å². The molecule has 0 N–H and O–H groups in total. The standard InChI is InChI=1S/C19H16/c1-15-12-18(16-8-4-2-5-9-16)14-19(13-15)17-10-6-3-7-11-17/h2-14H,1H3/i2D,3D,4D,5D,6D,7D,8D,9D,10D,11D. The zero-order valence-electron chi connectivity index (χ0n) is 20.2. The van der Waals surface area contributed by atoms with E-state index in [0.717, 1.165) is 0 Å². The summed E-state index contributed by atoms with van der Waals surface area (Å²) in [5, 5.41) is 0. The first-order chi connectivity index (χ1) is 13.5. The summed E-state index contributed by atoms with van der Waals surface area (Å²) in [6, 6.07) is 0.417. The Kier molecular flexibility index (Phi) is 1.34. The molecule has 0 aromatic heterocycles. The van der Waals surface area contributed by atoms with Gasteiger partial charge in [-0.15, -0.1) is 0 Å². The molecule has 0 aliphatic heterocycles. The van der Waals surface area contributed by atoms with E-state index in [9.17, 15) is 0 Å². The Balaban J connectivity index is 2.37. The Morgan fingerprint density at radius 2 is 1.00 bits per heavy atom. The molecule has 0 radical (unpaired) electrons. The van der Waals surface area contributed by atoms with Gasteiger partial charge in [0, 0.05) is 0 Å². The Bertz CT molecular complexity index is 1020. The highest BCUT2D eigenvalue weighted by Gasteiger charge is 2.02. The molecule has 0 heteroatoms. The lowest BCUT2D eigenvalue weighted by molar-refractivity contribution is 1.46. The monoisotopic (exact) mass is 254 g/mol. The lowest BCUT2D eigenvalue weighted by atomic mass is 9.97. The molecule has 0 bridgehead atoms. The van der Waals surface area contributed by atoms with Crippen LogP contribution < -0.4 is 0 Å². The van der Waals surface area contributed by atoms with Crippen LogP contribution in [0.25, 0.3) is 22.3 Å². The van der Waals surface area contributed by atoms with Gasteiger partial charge in [0.2, 0.25) is 0 Å². The van der Waals surface area contributed by atoms with Gasteiger partial charge in [-0.3, -0.25) is 0 Å². The third-order valence-corrected chi connectivity index (χ3v) is 2.65. The maximum Gasteiger partial charge on any atom is 0.0629 e. The van der Waals surface area contributed by atoms with Crippen LogP contribution in [-0.2, 0) is 0 Å². The molecule has 3 aromatic carbocycles. The molecule has 92 valence electrons. The van der Waals surface area contributed by atoms with Gasteiger partial charge in [0.05, 0.1) is 13.7 Å². The Labute approximate surface area is 128 Å². The third-order valence-electron chi connectivity index (χ3n) is 2.65. The van der Waals surface area contributed by atoms with Gasteiger partial charge in [0.1, 0.15) is 0 Å². The fourth-order valence-corrected chi connectivity index (χ4v) is 1.86. The molecule has 0 spiro atoms. The molecule has 0 heterocycles. The van der Waals surface area contributed by atoms with Crippen molar-refractivity contribution in [2.24, 2.45) is 0 Å². The van der Waals surface area contributed by atoms with Crippen LogP contribution in [0.15, 0.2) is 78.6 Å².